The topological polar surface area (TPSA) is 53.4 Å². The number of carboxylic acids is 1. The number of halogens is 2. The third-order valence-corrected chi connectivity index (χ3v) is 7.43. The highest BCUT2D eigenvalue weighted by Gasteiger charge is 2.26. The van der Waals surface area contributed by atoms with E-state index in [1.54, 1.807) is 28.9 Å². The predicted octanol–water partition coefficient (Wildman–Crippen LogP) is 5.75. The van der Waals surface area contributed by atoms with Gasteiger partial charge in [-0.2, -0.15) is 0 Å². The van der Waals surface area contributed by atoms with Gasteiger partial charge in [0, 0.05) is 36.5 Å². The third-order valence-electron chi connectivity index (χ3n) is 6.07. The fraction of sp³-hybridized carbons (Fsp3) is 0.478. The molecule has 4 rings (SSSR count). The molecule has 1 aliphatic carbocycles. The average molecular weight is 433 g/mol. The molecule has 1 aromatic heterocycles. The van der Waals surface area contributed by atoms with Crippen molar-refractivity contribution in [3.8, 4) is 11.1 Å². The molecule has 0 amide bonds. The van der Waals surface area contributed by atoms with E-state index in [9.17, 15) is 4.79 Å². The molecule has 2 aromatic rings. The molecule has 7 heteroatoms. The van der Waals surface area contributed by atoms with Gasteiger partial charge in [-0.15, -0.1) is 11.8 Å². The lowest BCUT2D eigenvalue weighted by atomic mass is 9.93. The van der Waals surface area contributed by atoms with Crippen LogP contribution in [0.5, 0.6) is 0 Å². The molecule has 1 saturated heterocycles. The average Bonchev–Trinajstić information content (AvgIpc) is 3.22. The van der Waals surface area contributed by atoms with Crippen molar-refractivity contribution in [2.24, 2.45) is 5.92 Å². The number of anilines is 1. The number of hydrogen-bond acceptors (Lipinski definition) is 4. The van der Waals surface area contributed by atoms with Crippen molar-refractivity contribution in [3.05, 3.63) is 42.1 Å². The van der Waals surface area contributed by atoms with Gasteiger partial charge in [0.05, 0.1) is 0 Å². The fourth-order valence-corrected chi connectivity index (χ4v) is 5.82. The summed E-state index contributed by atoms with van der Waals surface area (Å²) >= 11 is 1.71. The summed E-state index contributed by atoms with van der Waals surface area (Å²) in [7, 11) is 0. The Morgan fingerprint density at radius 2 is 1.80 bits per heavy atom. The highest BCUT2D eigenvalue weighted by Crippen LogP contribution is 2.40. The van der Waals surface area contributed by atoms with Crippen LogP contribution in [0.15, 0.2) is 35.5 Å². The van der Waals surface area contributed by atoms with Crippen molar-refractivity contribution in [1.29, 1.82) is 0 Å². The lowest BCUT2D eigenvalue weighted by Gasteiger charge is -2.33. The van der Waals surface area contributed by atoms with Crippen molar-refractivity contribution in [1.82, 2.24) is 4.98 Å². The molecule has 160 valence electrons. The number of thioether (sulfide) groups is 1. The molecule has 30 heavy (non-hydrogen) atoms. The van der Waals surface area contributed by atoms with E-state index < -0.39 is 17.6 Å². The molecule has 0 radical (unpaired) electrons. The van der Waals surface area contributed by atoms with Gasteiger partial charge in [-0.05, 0) is 55.4 Å². The van der Waals surface area contributed by atoms with Crippen molar-refractivity contribution < 1.29 is 18.7 Å². The van der Waals surface area contributed by atoms with Crippen LogP contribution in [0, 0.1) is 17.6 Å². The SMILES string of the molecule is O=C(O)CC1CCN(c2c(F)cc(-c3cccnc3SC3CCCC3)cc2F)CC1. The van der Waals surface area contributed by atoms with Crippen molar-refractivity contribution in [2.45, 2.75) is 55.2 Å². The number of aliphatic carboxylic acids is 1. The Balaban J connectivity index is 1.55. The maximum Gasteiger partial charge on any atom is 0.303 e. The molecule has 2 heterocycles. The summed E-state index contributed by atoms with van der Waals surface area (Å²) in [6.45, 7) is 0.918. The second-order valence-electron chi connectivity index (χ2n) is 8.20. The lowest BCUT2D eigenvalue weighted by molar-refractivity contribution is -0.138. The standard InChI is InChI=1S/C23H26F2N2O2S/c24-19-13-16(18-6-3-9-26-23(18)30-17-4-1-2-5-17)14-20(25)22(19)27-10-7-15(8-11-27)12-21(28)29/h3,6,9,13-15,17H,1-2,4-5,7-8,10-12H2,(H,28,29). The summed E-state index contributed by atoms with van der Waals surface area (Å²) in [4.78, 5) is 17.1. The number of rotatable bonds is 6. The lowest BCUT2D eigenvalue weighted by Crippen LogP contribution is -2.35. The summed E-state index contributed by atoms with van der Waals surface area (Å²) in [5, 5.41) is 10.3. The first-order chi connectivity index (χ1) is 14.5. The molecule has 2 aliphatic rings. The second-order valence-corrected chi connectivity index (χ2v) is 9.49. The molecule has 1 aliphatic heterocycles. The zero-order valence-corrected chi connectivity index (χ0v) is 17.6. The van der Waals surface area contributed by atoms with Crippen LogP contribution in [0.25, 0.3) is 11.1 Å². The highest BCUT2D eigenvalue weighted by atomic mass is 32.2. The van der Waals surface area contributed by atoms with Gasteiger partial charge in [-0.25, -0.2) is 13.8 Å². The minimum Gasteiger partial charge on any atom is -0.481 e. The Kier molecular flexibility index (Phi) is 6.56. The van der Waals surface area contributed by atoms with Crippen molar-refractivity contribution in [3.63, 3.8) is 0 Å². The Morgan fingerprint density at radius 3 is 2.43 bits per heavy atom. The maximum absolute atomic E-state index is 15.0. The van der Waals surface area contributed by atoms with Crippen molar-refractivity contribution in [2.75, 3.05) is 18.0 Å². The smallest absolute Gasteiger partial charge is 0.303 e. The largest absolute Gasteiger partial charge is 0.481 e. The van der Waals surface area contributed by atoms with Crippen LogP contribution in [-0.4, -0.2) is 34.4 Å². The van der Waals surface area contributed by atoms with E-state index in [4.69, 9.17) is 5.11 Å². The van der Waals surface area contributed by atoms with Gasteiger partial charge >= 0.3 is 5.97 Å². The first-order valence-electron chi connectivity index (χ1n) is 10.6. The van der Waals surface area contributed by atoms with Gasteiger partial charge in [0.1, 0.15) is 22.3 Å². The van der Waals surface area contributed by atoms with Gasteiger partial charge in [0.15, 0.2) is 0 Å². The van der Waals surface area contributed by atoms with Crippen LogP contribution in [-0.2, 0) is 4.79 Å². The highest BCUT2D eigenvalue weighted by molar-refractivity contribution is 8.00. The summed E-state index contributed by atoms with van der Waals surface area (Å²) in [5.41, 5.74) is 1.25. The Labute approximate surface area is 179 Å². The molecule has 0 bridgehead atoms. The number of piperidine rings is 1. The van der Waals surface area contributed by atoms with E-state index in [2.05, 4.69) is 4.98 Å². The molecular weight excluding hydrogens is 406 g/mol. The molecule has 0 spiro atoms. The van der Waals surface area contributed by atoms with Crippen molar-refractivity contribution >= 4 is 23.4 Å². The molecule has 4 nitrogen and oxygen atoms in total. The number of carbonyl (C=O) groups is 1. The number of nitrogens with zero attached hydrogens (tertiary/aromatic N) is 2. The number of hydrogen-bond donors (Lipinski definition) is 1. The quantitative estimate of drug-likeness (QED) is 0.630. The normalized spacial score (nSPS) is 18.1. The van der Waals surface area contributed by atoms with Crippen LogP contribution in [0.1, 0.15) is 44.9 Å². The number of pyridine rings is 1. The first kappa shape index (κ1) is 21.1. The third kappa shape index (κ3) is 4.77. The van der Waals surface area contributed by atoms with E-state index in [0.717, 1.165) is 23.4 Å². The number of aromatic nitrogens is 1. The van der Waals surface area contributed by atoms with Gasteiger partial charge in [-0.1, -0.05) is 18.9 Å². The van der Waals surface area contributed by atoms with Crippen LogP contribution in [0.4, 0.5) is 14.5 Å². The zero-order valence-electron chi connectivity index (χ0n) is 16.8. The predicted molar refractivity (Wildman–Crippen MR) is 115 cm³/mol. The second kappa shape index (κ2) is 9.33. The molecule has 2 fully saturated rings. The van der Waals surface area contributed by atoms with E-state index in [-0.39, 0.29) is 18.0 Å². The monoisotopic (exact) mass is 432 g/mol. The molecule has 1 saturated carbocycles. The Morgan fingerprint density at radius 1 is 1.13 bits per heavy atom. The summed E-state index contributed by atoms with van der Waals surface area (Å²) < 4.78 is 30.0. The van der Waals surface area contributed by atoms with E-state index >= 15 is 8.78 Å². The number of benzene rings is 1. The minimum absolute atomic E-state index is 0.0126. The molecular formula is C23H26F2N2O2S. The number of carboxylic acid groups (broad SMARTS) is 1. The van der Waals surface area contributed by atoms with Gasteiger partial charge < -0.3 is 10.0 Å². The Hall–Kier alpha value is -2.15. The first-order valence-corrected chi connectivity index (χ1v) is 11.5. The van der Waals surface area contributed by atoms with Gasteiger partial charge in [0.2, 0.25) is 0 Å². The summed E-state index contributed by atoms with van der Waals surface area (Å²) in [5.74, 6) is -1.92. The Bertz CT molecular complexity index is 887. The summed E-state index contributed by atoms with van der Waals surface area (Å²) in [6.07, 6.45) is 7.83. The van der Waals surface area contributed by atoms with Crippen LogP contribution in [0.2, 0.25) is 0 Å². The molecule has 0 atom stereocenters. The van der Waals surface area contributed by atoms with Gasteiger partial charge in [0.25, 0.3) is 0 Å². The van der Waals surface area contributed by atoms with Crippen LogP contribution in [0.3, 0.4) is 0 Å². The minimum atomic E-state index is -0.821. The molecule has 0 unspecified atom stereocenters. The molecule has 1 N–H and O–H groups in total. The molecule has 1 aromatic carbocycles. The zero-order chi connectivity index (χ0) is 21.1. The maximum atomic E-state index is 15.0. The van der Waals surface area contributed by atoms with E-state index in [0.29, 0.717) is 36.7 Å². The van der Waals surface area contributed by atoms with Gasteiger partial charge in [-0.3, -0.25) is 4.79 Å². The van der Waals surface area contributed by atoms with Crippen LogP contribution >= 0.6 is 11.8 Å². The van der Waals surface area contributed by atoms with E-state index in [1.807, 2.05) is 6.07 Å². The van der Waals surface area contributed by atoms with E-state index in [1.165, 1.54) is 25.0 Å². The van der Waals surface area contributed by atoms with Crippen LogP contribution < -0.4 is 4.90 Å². The summed E-state index contributed by atoms with van der Waals surface area (Å²) in [6, 6.07) is 6.47. The fourth-order valence-electron chi connectivity index (χ4n) is 4.50.